The lowest BCUT2D eigenvalue weighted by atomic mass is 10.2. The minimum Gasteiger partial charge on any atom is -0.346 e. The number of hydrogen-bond donors (Lipinski definition) is 0. The maximum absolute atomic E-state index is 11.7. The van der Waals surface area contributed by atoms with Gasteiger partial charge in [-0.15, -0.1) is 0 Å². The van der Waals surface area contributed by atoms with Crippen molar-refractivity contribution in [1.82, 2.24) is 14.3 Å². The van der Waals surface area contributed by atoms with Crippen molar-refractivity contribution in [3.05, 3.63) is 48.4 Å². The molecule has 0 unspecified atom stereocenters. The van der Waals surface area contributed by atoms with Crippen molar-refractivity contribution in [3.63, 3.8) is 0 Å². The number of rotatable bonds is 4. The molecule has 0 aliphatic heterocycles. The van der Waals surface area contributed by atoms with Gasteiger partial charge in [0.1, 0.15) is 4.90 Å². The fourth-order valence-corrected chi connectivity index (χ4v) is 3.53. The van der Waals surface area contributed by atoms with Gasteiger partial charge in [-0.1, -0.05) is 18.2 Å². The summed E-state index contributed by atoms with van der Waals surface area (Å²) in [4.78, 5) is 0.157. The highest BCUT2D eigenvalue weighted by Crippen LogP contribution is 2.28. The molecule has 0 bridgehead atoms. The Hall–Kier alpha value is -1.79. The molecule has 3 aromatic rings. The minimum atomic E-state index is -3.76. The van der Waals surface area contributed by atoms with Crippen LogP contribution in [0.25, 0.3) is 10.9 Å². The molecular weight excluding hydrogens is 310 g/mol. The van der Waals surface area contributed by atoms with E-state index in [0.29, 0.717) is 11.9 Å². The first-order valence-electron chi connectivity index (χ1n) is 6.46. The van der Waals surface area contributed by atoms with Gasteiger partial charge in [0.25, 0.3) is 9.05 Å². The molecule has 5 nitrogen and oxygen atoms in total. The van der Waals surface area contributed by atoms with Gasteiger partial charge >= 0.3 is 0 Å². The highest BCUT2D eigenvalue weighted by atomic mass is 35.7. The lowest BCUT2D eigenvalue weighted by Gasteiger charge is -2.05. The largest absolute Gasteiger partial charge is 0.346 e. The first kappa shape index (κ1) is 14.2. The van der Waals surface area contributed by atoms with E-state index in [4.69, 9.17) is 10.7 Å². The Morgan fingerprint density at radius 1 is 1.24 bits per heavy atom. The van der Waals surface area contributed by atoms with Gasteiger partial charge in [0, 0.05) is 59.7 Å². The van der Waals surface area contributed by atoms with E-state index in [1.807, 2.05) is 34.5 Å². The molecule has 0 radical (unpaired) electrons. The van der Waals surface area contributed by atoms with Crippen LogP contribution in [0.3, 0.4) is 0 Å². The van der Waals surface area contributed by atoms with Crippen molar-refractivity contribution in [1.29, 1.82) is 0 Å². The Morgan fingerprint density at radius 3 is 2.67 bits per heavy atom. The highest BCUT2D eigenvalue weighted by molar-refractivity contribution is 8.14. The van der Waals surface area contributed by atoms with Crippen LogP contribution in [0.15, 0.2) is 47.6 Å². The standard InChI is InChI=1S/C14H14ClN3O2S/c1-17-11(6-8-16-17)7-9-18-10-14(21(15,19)20)12-4-2-3-5-13(12)18/h2-6,8,10H,7,9H2,1H3. The molecule has 1 aromatic carbocycles. The number of nitrogens with zero attached hydrogens (tertiary/aromatic N) is 3. The number of aryl methyl sites for hydroxylation is 3. The first-order chi connectivity index (χ1) is 9.97. The van der Waals surface area contributed by atoms with E-state index in [1.165, 1.54) is 0 Å². The Morgan fingerprint density at radius 2 is 2.00 bits per heavy atom. The second-order valence-corrected chi connectivity index (χ2v) is 7.37. The average molecular weight is 324 g/mol. The maximum Gasteiger partial charge on any atom is 0.263 e. The molecule has 2 heterocycles. The Kier molecular flexibility index (Phi) is 3.51. The van der Waals surface area contributed by atoms with Gasteiger partial charge in [-0.25, -0.2) is 8.42 Å². The maximum atomic E-state index is 11.7. The monoisotopic (exact) mass is 323 g/mol. The Bertz CT molecular complexity index is 896. The number of halogens is 1. The van der Waals surface area contributed by atoms with Crippen molar-refractivity contribution < 1.29 is 8.42 Å². The summed E-state index contributed by atoms with van der Waals surface area (Å²) in [6.07, 6.45) is 4.11. The predicted molar refractivity (Wildman–Crippen MR) is 81.9 cm³/mol. The summed E-state index contributed by atoms with van der Waals surface area (Å²) in [5.41, 5.74) is 1.95. The van der Waals surface area contributed by atoms with E-state index in [0.717, 1.165) is 17.6 Å². The van der Waals surface area contributed by atoms with E-state index < -0.39 is 9.05 Å². The molecule has 0 saturated heterocycles. The van der Waals surface area contributed by atoms with Crippen LogP contribution in [0, 0.1) is 0 Å². The Labute approximate surface area is 127 Å². The van der Waals surface area contributed by atoms with Crippen LogP contribution in [0.4, 0.5) is 0 Å². The lowest BCUT2D eigenvalue weighted by Crippen LogP contribution is -2.04. The summed E-state index contributed by atoms with van der Waals surface area (Å²) < 4.78 is 27.1. The molecule has 21 heavy (non-hydrogen) atoms. The van der Waals surface area contributed by atoms with Gasteiger partial charge in [0.15, 0.2) is 0 Å². The molecule has 0 amide bonds. The van der Waals surface area contributed by atoms with Gasteiger partial charge < -0.3 is 4.57 Å². The zero-order valence-corrected chi connectivity index (χ0v) is 13.0. The highest BCUT2D eigenvalue weighted by Gasteiger charge is 2.18. The van der Waals surface area contributed by atoms with Crippen molar-refractivity contribution in [2.45, 2.75) is 17.9 Å². The second kappa shape index (κ2) is 5.20. The van der Waals surface area contributed by atoms with Gasteiger partial charge in [-0.05, 0) is 12.1 Å². The lowest BCUT2D eigenvalue weighted by molar-refractivity contribution is 0.608. The topological polar surface area (TPSA) is 56.9 Å². The fraction of sp³-hybridized carbons (Fsp3) is 0.214. The van der Waals surface area contributed by atoms with Crippen molar-refractivity contribution in [3.8, 4) is 0 Å². The number of benzene rings is 1. The van der Waals surface area contributed by atoms with Crippen LogP contribution in [0.5, 0.6) is 0 Å². The summed E-state index contributed by atoms with van der Waals surface area (Å²) >= 11 is 0. The van der Waals surface area contributed by atoms with Crippen molar-refractivity contribution >= 4 is 30.6 Å². The Balaban J connectivity index is 2.01. The predicted octanol–water partition coefficient (Wildman–Crippen LogP) is 2.55. The molecule has 0 saturated carbocycles. The minimum absolute atomic E-state index is 0.157. The smallest absolute Gasteiger partial charge is 0.263 e. The van der Waals surface area contributed by atoms with E-state index in [2.05, 4.69) is 5.10 Å². The van der Waals surface area contributed by atoms with Gasteiger partial charge in [-0.2, -0.15) is 5.10 Å². The summed E-state index contributed by atoms with van der Waals surface area (Å²) in [6.45, 7) is 0.659. The molecule has 0 aliphatic rings. The third-order valence-corrected chi connectivity index (χ3v) is 4.90. The van der Waals surface area contributed by atoms with E-state index >= 15 is 0 Å². The summed E-state index contributed by atoms with van der Waals surface area (Å²) in [5.74, 6) is 0. The van der Waals surface area contributed by atoms with E-state index in [9.17, 15) is 8.42 Å². The molecule has 110 valence electrons. The molecular formula is C14H14ClN3O2S. The number of para-hydroxylation sites is 1. The molecule has 0 spiro atoms. The van der Waals surface area contributed by atoms with Gasteiger partial charge in [-0.3, -0.25) is 4.68 Å². The molecule has 3 rings (SSSR count). The summed E-state index contributed by atoms with van der Waals surface area (Å²) in [7, 11) is 3.65. The first-order valence-corrected chi connectivity index (χ1v) is 8.77. The van der Waals surface area contributed by atoms with Crippen LogP contribution >= 0.6 is 10.7 Å². The zero-order valence-electron chi connectivity index (χ0n) is 11.4. The van der Waals surface area contributed by atoms with Crippen molar-refractivity contribution in [2.24, 2.45) is 7.05 Å². The van der Waals surface area contributed by atoms with Crippen LogP contribution in [-0.2, 0) is 29.1 Å². The van der Waals surface area contributed by atoms with E-state index in [1.54, 1.807) is 24.5 Å². The number of fused-ring (bicyclic) bond motifs is 1. The molecule has 0 N–H and O–H groups in total. The molecule has 7 heteroatoms. The SMILES string of the molecule is Cn1nccc1CCn1cc(S(=O)(=O)Cl)c2ccccc21. The van der Waals surface area contributed by atoms with Crippen LogP contribution in [0.2, 0.25) is 0 Å². The third-order valence-electron chi connectivity index (χ3n) is 3.55. The van der Waals surface area contributed by atoms with Crippen molar-refractivity contribution in [2.75, 3.05) is 0 Å². The summed E-state index contributed by atoms with van der Waals surface area (Å²) in [5, 5.41) is 4.78. The zero-order chi connectivity index (χ0) is 15.0. The second-order valence-electron chi connectivity index (χ2n) is 4.84. The molecule has 0 atom stereocenters. The third kappa shape index (κ3) is 2.69. The average Bonchev–Trinajstić information content (AvgIpc) is 3.00. The van der Waals surface area contributed by atoms with Crippen LogP contribution < -0.4 is 0 Å². The van der Waals surface area contributed by atoms with Gasteiger partial charge in [0.05, 0.1) is 0 Å². The van der Waals surface area contributed by atoms with Crippen LogP contribution in [0.1, 0.15) is 5.69 Å². The number of aromatic nitrogens is 3. The van der Waals surface area contributed by atoms with E-state index in [-0.39, 0.29) is 4.90 Å². The molecule has 2 aromatic heterocycles. The molecule has 0 fully saturated rings. The normalized spacial score (nSPS) is 12.1. The summed E-state index contributed by atoms with van der Waals surface area (Å²) in [6, 6.07) is 9.30. The van der Waals surface area contributed by atoms with Crippen LogP contribution in [-0.4, -0.2) is 22.8 Å². The number of hydrogen-bond acceptors (Lipinski definition) is 3. The van der Waals surface area contributed by atoms with Gasteiger partial charge in [0.2, 0.25) is 0 Å². The quantitative estimate of drug-likeness (QED) is 0.693. The fourth-order valence-electron chi connectivity index (χ4n) is 2.47. The molecule has 0 aliphatic carbocycles.